The van der Waals surface area contributed by atoms with Gasteiger partial charge in [0.15, 0.2) is 5.17 Å². The number of hydrogen-bond donors (Lipinski definition) is 3. The van der Waals surface area contributed by atoms with Crippen molar-refractivity contribution in [2.75, 3.05) is 11.4 Å². The van der Waals surface area contributed by atoms with Crippen molar-refractivity contribution in [1.29, 1.82) is 5.41 Å². The lowest BCUT2D eigenvalue weighted by molar-refractivity contribution is -0.113. The number of carbonyl (C=O) groups is 1. The molecule has 2 unspecified atom stereocenters. The summed E-state index contributed by atoms with van der Waals surface area (Å²) in [7, 11) is 0. The van der Waals surface area contributed by atoms with Crippen molar-refractivity contribution in [1.82, 2.24) is 10.9 Å². The molecule has 2 fully saturated rings. The van der Waals surface area contributed by atoms with Gasteiger partial charge in [-0.2, -0.15) is 0 Å². The molecule has 2 saturated heterocycles. The van der Waals surface area contributed by atoms with Crippen LogP contribution in [0, 0.1) is 23.0 Å². The minimum atomic E-state index is -0.398. The highest BCUT2D eigenvalue weighted by atomic mass is 32.2. The number of amides is 1. The first-order valence-electron chi connectivity index (χ1n) is 8.35. The molecule has 2 aliphatic heterocycles. The number of nitrogens with one attached hydrogen (secondary N) is 3. The molecule has 3 N–H and O–H groups in total. The van der Waals surface area contributed by atoms with Crippen molar-refractivity contribution < 1.29 is 13.6 Å². The maximum atomic E-state index is 13.2. The molecule has 5 nitrogen and oxygen atoms in total. The molecule has 0 saturated carbocycles. The summed E-state index contributed by atoms with van der Waals surface area (Å²) in [4.78, 5) is 14.5. The number of nitrogens with zero attached hydrogens (tertiary/aromatic N) is 1. The van der Waals surface area contributed by atoms with Crippen LogP contribution in [0.3, 0.4) is 0 Å². The Kier molecular flexibility index (Phi) is 4.77. The predicted molar refractivity (Wildman–Crippen MR) is 101 cm³/mol. The van der Waals surface area contributed by atoms with E-state index in [1.54, 1.807) is 12.1 Å². The van der Waals surface area contributed by atoms with Gasteiger partial charge in [0.05, 0.1) is 16.6 Å². The van der Waals surface area contributed by atoms with Crippen LogP contribution in [0.1, 0.15) is 11.6 Å². The number of rotatable bonds is 3. The summed E-state index contributed by atoms with van der Waals surface area (Å²) in [6.45, 7) is 0.600. The van der Waals surface area contributed by atoms with Crippen molar-refractivity contribution in [3.63, 3.8) is 0 Å². The van der Waals surface area contributed by atoms with E-state index >= 15 is 0 Å². The number of benzene rings is 2. The first-order valence-corrected chi connectivity index (χ1v) is 9.16. The molecule has 2 atom stereocenters. The molecule has 2 aliphatic rings. The third kappa shape index (κ3) is 3.51. The van der Waals surface area contributed by atoms with Crippen LogP contribution in [0.4, 0.5) is 14.5 Å². The van der Waals surface area contributed by atoms with Gasteiger partial charge in [-0.3, -0.25) is 20.5 Å². The number of amidine groups is 1. The zero-order valence-electron chi connectivity index (χ0n) is 14.1. The van der Waals surface area contributed by atoms with Crippen molar-refractivity contribution in [2.24, 2.45) is 5.92 Å². The Morgan fingerprint density at radius 3 is 2.37 bits per heavy atom. The fourth-order valence-corrected chi connectivity index (χ4v) is 4.10. The van der Waals surface area contributed by atoms with Gasteiger partial charge < -0.3 is 0 Å². The van der Waals surface area contributed by atoms with Crippen molar-refractivity contribution in [3.8, 4) is 0 Å². The van der Waals surface area contributed by atoms with Crippen LogP contribution in [0.15, 0.2) is 59.5 Å². The SMILES string of the molecule is N=C1S/C(=C\C2CNNC2c2ccc(F)cc2)C(=O)N1c1ccc(F)cc1. The largest absolute Gasteiger partial charge is 0.278 e. The van der Waals surface area contributed by atoms with Gasteiger partial charge in [0.2, 0.25) is 0 Å². The number of hydrazine groups is 1. The topological polar surface area (TPSA) is 68.2 Å². The van der Waals surface area contributed by atoms with E-state index in [-0.39, 0.29) is 28.9 Å². The average molecular weight is 386 g/mol. The van der Waals surface area contributed by atoms with Crippen LogP contribution in [0.2, 0.25) is 0 Å². The lowest BCUT2D eigenvalue weighted by Gasteiger charge is -2.16. The Hall–Kier alpha value is -2.55. The van der Waals surface area contributed by atoms with E-state index in [2.05, 4.69) is 10.9 Å². The monoisotopic (exact) mass is 386 g/mol. The molecule has 138 valence electrons. The van der Waals surface area contributed by atoms with E-state index in [1.807, 2.05) is 6.08 Å². The molecule has 8 heteroatoms. The normalized spacial score (nSPS) is 24.2. The molecule has 0 radical (unpaired) electrons. The van der Waals surface area contributed by atoms with Crippen molar-refractivity contribution >= 4 is 28.5 Å². The first kappa shape index (κ1) is 17.8. The molecule has 0 aromatic heterocycles. The summed E-state index contributed by atoms with van der Waals surface area (Å²) in [5.41, 5.74) is 7.58. The van der Waals surface area contributed by atoms with Crippen LogP contribution in [-0.4, -0.2) is 17.6 Å². The average Bonchev–Trinajstić information content (AvgIpc) is 3.22. The van der Waals surface area contributed by atoms with Crippen LogP contribution in [-0.2, 0) is 4.79 Å². The third-order valence-corrected chi connectivity index (χ3v) is 5.43. The van der Waals surface area contributed by atoms with Gasteiger partial charge in [-0.05, 0) is 53.7 Å². The van der Waals surface area contributed by atoms with Gasteiger partial charge in [0.1, 0.15) is 11.6 Å². The summed E-state index contributed by atoms with van der Waals surface area (Å²) >= 11 is 1.08. The van der Waals surface area contributed by atoms with Gasteiger partial charge in [-0.15, -0.1) is 0 Å². The summed E-state index contributed by atoms with van der Waals surface area (Å²) in [5.74, 6) is -1.04. The lowest BCUT2D eigenvalue weighted by Crippen LogP contribution is -2.28. The highest BCUT2D eigenvalue weighted by Crippen LogP contribution is 2.37. The number of carbonyl (C=O) groups excluding carboxylic acids is 1. The highest BCUT2D eigenvalue weighted by molar-refractivity contribution is 8.19. The van der Waals surface area contributed by atoms with Gasteiger partial charge in [0.25, 0.3) is 5.91 Å². The molecular formula is C19H16F2N4OS. The zero-order valence-corrected chi connectivity index (χ0v) is 14.9. The highest BCUT2D eigenvalue weighted by Gasteiger charge is 2.36. The van der Waals surface area contributed by atoms with Gasteiger partial charge in [-0.25, -0.2) is 14.2 Å². The minimum absolute atomic E-state index is 0.0390. The fourth-order valence-electron chi connectivity index (χ4n) is 3.19. The first-order chi connectivity index (χ1) is 13.0. The Morgan fingerprint density at radius 1 is 1.07 bits per heavy atom. The number of halogens is 2. The van der Waals surface area contributed by atoms with E-state index in [4.69, 9.17) is 5.41 Å². The van der Waals surface area contributed by atoms with Crippen LogP contribution in [0.5, 0.6) is 0 Å². The summed E-state index contributed by atoms with van der Waals surface area (Å²) in [6, 6.07) is 11.6. The molecule has 2 aromatic rings. The van der Waals surface area contributed by atoms with Gasteiger partial charge in [0, 0.05) is 12.5 Å². The van der Waals surface area contributed by atoms with Crippen LogP contribution >= 0.6 is 11.8 Å². The molecule has 27 heavy (non-hydrogen) atoms. The number of thioether (sulfide) groups is 1. The Morgan fingerprint density at radius 2 is 1.70 bits per heavy atom. The quantitative estimate of drug-likeness (QED) is 0.708. The van der Waals surface area contributed by atoms with E-state index in [0.717, 1.165) is 17.3 Å². The molecule has 2 heterocycles. The van der Waals surface area contributed by atoms with Gasteiger partial charge >= 0.3 is 0 Å². The van der Waals surface area contributed by atoms with E-state index in [1.165, 1.54) is 41.3 Å². The van der Waals surface area contributed by atoms with Crippen molar-refractivity contribution in [3.05, 3.63) is 76.7 Å². The second-order valence-corrected chi connectivity index (χ2v) is 7.30. The van der Waals surface area contributed by atoms with E-state index in [9.17, 15) is 13.6 Å². The Bertz CT molecular complexity index is 914. The Balaban J connectivity index is 1.58. The maximum Gasteiger partial charge on any atom is 0.270 e. The molecule has 0 aliphatic carbocycles. The third-order valence-electron chi connectivity index (χ3n) is 4.53. The second-order valence-electron chi connectivity index (χ2n) is 6.27. The number of anilines is 1. The van der Waals surface area contributed by atoms with Crippen molar-refractivity contribution in [2.45, 2.75) is 6.04 Å². The zero-order chi connectivity index (χ0) is 19.0. The van der Waals surface area contributed by atoms with Gasteiger partial charge in [-0.1, -0.05) is 18.2 Å². The molecule has 2 aromatic carbocycles. The summed E-state index contributed by atoms with van der Waals surface area (Å²) in [5, 5.41) is 8.21. The molecule has 0 spiro atoms. The van der Waals surface area contributed by atoms with Crippen LogP contribution < -0.4 is 15.8 Å². The summed E-state index contributed by atoms with van der Waals surface area (Å²) in [6.07, 6.45) is 1.84. The molecule has 4 rings (SSSR count). The second kappa shape index (κ2) is 7.22. The Labute approximate surface area is 158 Å². The standard InChI is InChI=1S/C19H16F2N4OS/c20-13-3-1-11(2-4-13)17-12(10-23-24-17)9-16-18(26)25(19(22)27-16)15-7-5-14(21)6-8-15/h1-9,12,17,22-24H,10H2/b16-9-,22-19?. The maximum absolute atomic E-state index is 13.2. The minimum Gasteiger partial charge on any atom is -0.278 e. The molecule has 1 amide bonds. The number of hydrogen-bond acceptors (Lipinski definition) is 5. The predicted octanol–water partition coefficient (Wildman–Crippen LogP) is 3.33. The fraction of sp³-hybridized carbons (Fsp3) is 0.158. The van der Waals surface area contributed by atoms with E-state index < -0.39 is 5.82 Å². The van der Waals surface area contributed by atoms with Crippen LogP contribution in [0.25, 0.3) is 0 Å². The van der Waals surface area contributed by atoms with E-state index in [0.29, 0.717) is 17.1 Å². The molecule has 0 bridgehead atoms. The lowest BCUT2D eigenvalue weighted by atomic mass is 9.94. The summed E-state index contributed by atoms with van der Waals surface area (Å²) < 4.78 is 26.3. The molecular weight excluding hydrogens is 370 g/mol. The smallest absolute Gasteiger partial charge is 0.270 e.